The van der Waals surface area contributed by atoms with Gasteiger partial charge in [-0.3, -0.25) is 9.69 Å². The van der Waals surface area contributed by atoms with Gasteiger partial charge in [-0.1, -0.05) is 13.8 Å². The van der Waals surface area contributed by atoms with Gasteiger partial charge in [0, 0.05) is 25.6 Å². The summed E-state index contributed by atoms with van der Waals surface area (Å²) in [6.45, 7) is 11.5. The minimum absolute atomic E-state index is 0.0404. The molecular formula is C13H25N3O. The van der Waals surface area contributed by atoms with E-state index >= 15 is 0 Å². The van der Waals surface area contributed by atoms with Crippen molar-refractivity contribution in [2.75, 3.05) is 13.1 Å². The van der Waals surface area contributed by atoms with Crippen LogP contribution in [0.1, 0.15) is 41.0 Å². The lowest BCUT2D eigenvalue weighted by Crippen LogP contribution is -2.48. The SMILES string of the molecule is CC(C)CN(CCC#N)C(C)C(=O)NC(C)C. The first-order chi connectivity index (χ1) is 7.88. The lowest BCUT2D eigenvalue weighted by Gasteiger charge is -2.29. The molecule has 0 aromatic carbocycles. The number of amides is 1. The van der Waals surface area contributed by atoms with Crippen LogP contribution in [0.3, 0.4) is 0 Å². The van der Waals surface area contributed by atoms with Crippen molar-refractivity contribution in [2.24, 2.45) is 5.92 Å². The first-order valence-electron chi connectivity index (χ1n) is 6.29. The van der Waals surface area contributed by atoms with Gasteiger partial charge >= 0.3 is 0 Å². The molecule has 0 saturated heterocycles. The lowest BCUT2D eigenvalue weighted by atomic mass is 10.1. The molecule has 17 heavy (non-hydrogen) atoms. The Morgan fingerprint density at radius 1 is 1.29 bits per heavy atom. The minimum atomic E-state index is -0.173. The molecule has 0 fully saturated rings. The normalized spacial score (nSPS) is 12.9. The second-order valence-electron chi connectivity index (χ2n) is 5.14. The summed E-state index contributed by atoms with van der Waals surface area (Å²) in [6, 6.07) is 2.11. The fraction of sp³-hybridized carbons (Fsp3) is 0.846. The molecule has 0 aliphatic rings. The van der Waals surface area contributed by atoms with Gasteiger partial charge < -0.3 is 5.32 Å². The van der Waals surface area contributed by atoms with Gasteiger partial charge in [0.1, 0.15) is 0 Å². The van der Waals surface area contributed by atoms with Gasteiger partial charge in [0.15, 0.2) is 0 Å². The average Bonchev–Trinajstić information content (AvgIpc) is 2.21. The highest BCUT2D eigenvalue weighted by Crippen LogP contribution is 2.06. The van der Waals surface area contributed by atoms with E-state index in [0.29, 0.717) is 18.9 Å². The Hall–Kier alpha value is -1.08. The van der Waals surface area contributed by atoms with Crippen molar-refractivity contribution in [3.8, 4) is 6.07 Å². The Labute approximate surface area is 105 Å². The first-order valence-corrected chi connectivity index (χ1v) is 6.29. The van der Waals surface area contributed by atoms with Crippen molar-refractivity contribution < 1.29 is 4.79 Å². The maximum Gasteiger partial charge on any atom is 0.237 e. The fourth-order valence-corrected chi connectivity index (χ4v) is 1.68. The van der Waals surface area contributed by atoms with Gasteiger partial charge in [-0.2, -0.15) is 5.26 Å². The molecule has 0 aliphatic heterocycles. The van der Waals surface area contributed by atoms with Crippen LogP contribution in [0.25, 0.3) is 0 Å². The molecule has 0 aliphatic carbocycles. The third kappa shape index (κ3) is 6.96. The number of carbonyl (C=O) groups is 1. The van der Waals surface area contributed by atoms with E-state index in [4.69, 9.17) is 5.26 Å². The fourth-order valence-electron chi connectivity index (χ4n) is 1.68. The van der Waals surface area contributed by atoms with Gasteiger partial charge in [0.25, 0.3) is 0 Å². The number of nitriles is 1. The molecule has 0 aromatic rings. The zero-order chi connectivity index (χ0) is 13.4. The quantitative estimate of drug-likeness (QED) is 0.736. The van der Waals surface area contributed by atoms with Crippen molar-refractivity contribution in [1.29, 1.82) is 5.26 Å². The van der Waals surface area contributed by atoms with Crippen LogP contribution in [-0.2, 0) is 4.79 Å². The van der Waals surface area contributed by atoms with Crippen LogP contribution in [0, 0.1) is 17.2 Å². The molecule has 0 saturated carbocycles. The number of rotatable bonds is 7. The molecule has 4 heteroatoms. The summed E-state index contributed by atoms with van der Waals surface area (Å²) in [7, 11) is 0. The molecule has 1 N–H and O–H groups in total. The van der Waals surface area contributed by atoms with Crippen LogP contribution in [0.5, 0.6) is 0 Å². The molecule has 0 spiro atoms. The highest BCUT2D eigenvalue weighted by molar-refractivity contribution is 5.81. The molecule has 0 aromatic heterocycles. The standard InChI is InChI=1S/C13H25N3O/c1-10(2)9-16(8-6-7-14)12(5)13(17)15-11(3)4/h10-12H,6,8-9H2,1-5H3,(H,15,17). The van der Waals surface area contributed by atoms with E-state index in [2.05, 4.69) is 30.1 Å². The maximum atomic E-state index is 11.9. The van der Waals surface area contributed by atoms with Crippen LogP contribution in [0.15, 0.2) is 0 Å². The summed E-state index contributed by atoms with van der Waals surface area (Å²) in [6.07, 6.45) is 0.464. The Morgan fingerprint density at radius 2 is 1.88 bits per heavy atom. The first kappa shape index (κ1) is 15.9. The Morgan fingerprint density at radius 3 is 2.29 bits per heavy atom. The van der Waals surface area contributed by atoms with Crippen molar-refractivity contribution >= 4 is 5.91 Å². The van der Waals surface area contributed by atoms with Crippen molar-refractivity contribution in [2.45, 2.75) is 53.1 Å². The summed E-state index contributed by atoms with van der Waals surface area (Å²) in [4.78, 5) is 14.0. The number of nitrogens with one attached hydrogen (secondary N) is 1. The summed E-state index contributed by atoms with van der Waals surface area (Å²) < 4.78 is 0. The zero-order valence-electron chi connectivity index (χ0n) is 11.7. The van der Waals surface area contributed by atoms with E-state index in [1.807, 2.05) is 20.8 Å². The number of nitrogens with zero attached hydrogens (tertiary/aromatic N) is 2. The Balaban J connectivity index is 4.44. The van der Waals surface area contributed by atoms with E-state index in [1.165, 1.54) is 0 Å². The topological polar surface area (TPSA) is 56.1 Å². The summed E-state index contributed by atoms with van der Waals surface area (Å²) in [5.74, 6) is 0.529. The van der Waals surface area contributed by atoms with Crippen LogP contribution < -0.4 is 5.32 Å². The monoisotopic (exact) mass is 239 g/mol. The highest BCUT2D eigenvalue weighted by atomic mass is 16.2. The van der Waals surface area contributed by atoms with Crippen LogP contribution in [-0.4, -0.2) is 36.0 Å². The summed E-state index contributed by atoms with van der Waals surface area (Å²) in [5.41, 5.74) is 0. The smallest absolute Gasteiger partial charge is 0.237 e. The molecule has 0 rings (SSSR count). The van der Waals surface area contributed by atoms with Crippen LogP contribution in [0.4, 0.5) is 0 Å². The van der Waals surface area contributed by atoms with E-state index in [-0.39, 0.29) is 18.0 Å². The molecule has 4 nitrogen and oxygen atoms in total. The minimum Gasteiger partial charge on any atom is -0.353 e. The van der Waals surface area contributed by atoms with E-state index in [1.54, 1.807) is 0 Å². The lowest BCUT2D eigenvalue weighted by molar-refractivity contribution is -0.126. The van der Waals surface area contributed by atoms with E-state index < -0.39 is 0 Å². The largest absolute Gasteiger partial charge is 0.353 e. The molecule has 0 bridgehead atoms. The molecule has 1 amide bonds. The second kappa shape index (κ2) is 8.08. The van der Waals surface area contributed by atoms with Crippen molar-refractivity contribution in [3.63, 3.8) is 0 Å². The number of hydrogen-bond acceptors (Lipinski definition) is 3. The average molecular weight is 239 g/mol. The molecular weight excluding hydrogens is 214 g/mol. The van der Waals surface area contributed by atoms with Gasteiger partial charge in [-0.25, -0.2) is 0 Å². The molecule has 98 valence electrons. The van der Waals surface area contributed by atoms with Gasteiger partial charge in [0.05, 0.1) is 12.1 Å². The molecule has 0 heterocycles. The Bertz CT molecular complexity index is 268. The van der Waals surface area contributed by atoms with Crippen LogP contribution >= 0.6 is 0 Å². The molecule has 0 radical (unpaired) electrons. The number of hydrogen-bond donors (Lipinski definition) is 1. The van der Waals surface area contributed by atoms with E-state index in [0.717, 1.165) is 6.54 Å². The molecule has 1 unspecified atom stereocenters. The van der Waals surface area contributed by atoms with Crippen molar-refractivity contribution in [3.05, 3.63) is 0 Å². The number of carbonyl (C=O) groups excluding carboxylic acids is 1. The third-order valence-electron chi connectivity index (χ3n) is 2.47. The van der Waals surface area contributed by atoms with Gasteiger partial charge in [-0.05, 0) is 26.7 Å². The van der Waals surface area contributed by atoms with Gasteiger partial charge in [0.2, 0.25) is 5.91 Å². The summed E-state index contributed by atoms with van der Waals surface area (Å²) in [5, 5.41) is 11.5. The predicted octanol–water partition coefficient (Wildman–Crippen LogP) is 1.77. The summed E-state index contributed by atoms with van der Waals surface area (Å²) >= 11 is 0. The highest BCUT2D eigenvalue weighted by Gasteiger charge is 2.21. The maximum absolute atomic E-state index is 11.9. The molecule has 1 atom stereocenters. The third-order valence-corrected chi connectivity index (χ3v) is 2.47. The van der Waals surface area contributed by atoms with Crippen LogP contribution in [0.2, 0.25) is 0 Å². The van der Waals surface area contributed by atoms with E-state index in [9.17, 15) is 4.79 Å². The van der Waals surface area contributed by atoms with Crippen molar-refractivity contribution in [1.82, 2.24) is 10.2 Å². The second-order valence-corrected chi connectivity index (χ2v) is 5.14. The predicted molar refractivity (Wildman–Crippen MR) is 69.4 cm³/mol. The zero-order valence-corrected chi connectivity index (χ0v) is 11.7. The van der Waals surface area contributed by atoms with Gasteiger partial charge in [-0.15, -0.1) is 0 Å². The Kier molecular flexibility index (Phi) is 7.56.